The molecule has 0 aromatic heterocycles. The van der Waals surface area contributed by atoms with E-state index in [1.54, 1.807) is 18.6 Å². The summed E-state index contributed by atoms with van der Waals surface area (Å²) in [6, 6.07) is 0. The van der Waals surface area contributed by atoms with E-state index in [9.17, 15) is 0 Å². The zero-order valence-electron chi connectivity index (χ0n) is 12.7. The van der Waals surface area contributed by atoms with Crippen LogP contribution in [0.3, 0.4) is 0 Å². The molecule has 3 N–H and O–H groups in total. The maximum atomic E-state index is 7.59. The Hall–Kier alpha value is -2.47. The number of hydrogen-bond acceptors (Lipinski definition) is 6. The van der Waals surface area contributed by atoms with Crippen molar-refractivity contribution in [2.45, 2.75) is 6.42 Å². The second-order valence-electron chi connectivity index (χ2n) is 5.00. The van der Waals surface area contributed by atoms with Crippen molar-refractivity contribution < 1.29 is 0 Å². The lowest BCUT2D eigenvalue weighted by Gasteiger charge is -2.28. The van der Waals surface area contributed by atoms with Gasteiger partial charge in [0.2, 0.25) is 0 Å². The Morgan fingerprint density at radius 3 is 3.05 bits per heavy atom. The highest BCUT2D eigenvalue weighted by Crippen LogP contribution is 2.26. The Labute approximate surface area is 131 Å². The minimum Gasteiger partial charge on any atom is -0.370 e. The average Bonchev–Trinajstić information content (AvgIpc) is 2.79. The number of nitrogens with one attached hydrogen (secondary N) is 3. The SMILES string of the molecule is C=N/C=C(C=N)/C1=C/N/N=C\C=C(\N2CCCNCC2)C1=C. The van der Waals surface area contributed by atoms with Crippen LogP contribution in [0.1, 0.15) is 6.42 Å². The van der Waals surface area contributed by atoms with Gasteiger partial charge in [-0.2, -0.15) is 5.10 Å². The van der Waals surface area contributed by atoms with Crippen LogP contribution in [0.15, 0.2) is 57.6 Å². The van der Waals surface area contributed by atoms with Crippen molar-refractivity contribution in [3.63, 3.8) is 0 Å². The molecule has 1 fully saturated rings. The van der Waals surface area contributed by atoms with Gasteiger partial charge in [0.05, 0.1) is 0 Å². The number of hydrazone groups is 1. The molecule has 2 heterocycles. The van der Waals surface area contributed by atoms with E-state index in [1.165, 1.54) is 6.21 Å². The van der Waals surface area contributed by atoms with Gasteiger partial charge in [-0.25, -0.2) is 0 Å². The molecule has 0 saturated carbocycles. The fourth-order valence-electron chi connectivity index (χ4n) is 2.50. The molecule has 0 spiro atoms. The predicted octanol–water partition coefficient (Wildman–Crippen LogP) is 1.43. The normalized spacial score (nSPS) is 26.3. The quantitative estimate of drug-likeness (QED) is 0.687. The molecule has 6 heteroatoms. The Bertz CT molecular complexity index is 559. The van der Waals surface area contributed by atoms with Crippen molar-refractivity contribution in [3.05, 3.63) is 47.5 Å². The van der Waals surface area contributed by atoms with E-state index in [-0.39, 0.29) is 0 Å². The summed E-state index contributed by atoms with van der Waals surface area (Å²) in [7, 11) is 0. The summed E-state index contributed by atoms with van der Waals surface area (Å²) in [5.74, 6) is 0. The summed E-state index contributed by atoms with van der Waals surface area (Å²) in [6.07, 6.45) is 9.31. The van der Waals surface area contributed by atoms with E-state index in [0.29, 0.717) is 5.57 Å². The van der Waals surface area contributed by atoms with E-state index in [2.05, 4.69) is 39.0 Å². The third-order valence-electron chi connectivity index (χ3n) is 3.60. The highest BCUT2D eigenvalue weighted by Gasteiger charge is 2.19. The zero-order valence-corrected chi connectivity index (χ0v) is 12.7. The third-order valence-corrected chi connectivity index (χ3v) is 3.60. The minimum atomic E-state index is 0.642. The van der Waals surface area contributed by atoms with Crippen LogP contribution in [0.5, 0.6) is 0 Å². The van der Waals surface area contributed by atoms with Crippen molar-refractivity contribution in [1.82, 2.24) is 15.6 Å². The third kappa shape index (κ3) is 3.79. The highest BCUT2D eigenvalue weighted by molar-refractivity contribution is 5.86. The van der Waals surface area contributed by atoms with Crippen LogP contribution in [-0.2, 0) is 0 Å². The molecule has 0 aromatic carbocycles. The van der Waals surface area contributed by atoms with Crippen LogP contribution in [0, 0.1) is 5.41 Å². The van der Waals surface area contributed by atoms with Crippen LogP contribution in [0.4, 0.5) is 0 Å². The van der Waals surface area contributed by atoms with Gasteiger partial charge in [-0.1, -0.05) is 6.58 Å². The van der Waals surface area contributed by atoms with E-state index < -0.39 is 0 Å². The van der Waals surface area contributed by atoms with Gasteiger partial charge in [0, 0.05) is 66.9 Å². The van der Waals surface area contributed by atoms with Crippen LogP contribution >= 0.6 is 0 Å². The number of rotatable bonds is 4. The Balaban J connectivity index is 2.34. The monoisotopic (exact) mass is 298 g/mol. The lowest BCUT2D eigenvalue weighted by Crippen LogP contribution is -2.29. The molecule has 116 valence electrons. The molecule has 0 radical (unpaired) electrons. The second kappa shape index (κ2) is 8.09. The molecule has 0 bridgehead atoms. The molecule has 0 atom stereocenters. The molecule has 22 heavy (non-hydrogen) atoms. The lowest BCUT2D eigenvalue weighted by atomic mass is 9.97. The molecular formula is C16H22N6. The van der Waals surface area contributed by atoms with E-state index in [4.69, 9.17) is 5.41 Å². The van der Waals surface area contributed by atoms with Crippen LogP contribution in [0.2, 0.25) is 0 Å². The van der Waals surface area contributed by atoms with Gasteiger partial charge in [0.1, 0.15) is 0 Å². The summed E-state index contributed by atoms with van der Waals surface area (Å²) in [6.45, 7) is 11.6. The van der Waals surface area contributed by atoms with Gasteiger partial charge >= 0.3 is 0 Å². The fraction of sp³-hybridized carbons (Fsp3) is 0.312. The number of allylic oxidation sites excluding steroid dienone is 3. The zero-order chi connectivity index (χ0) is 15.8. The molecule has 2 aliphatic rings. The van der Waals surface area contributed by atoms with Gasteiger partial charge < -0.3 is 15.6 Å². The summed E-state index contributed by atoms with van der Waals surface area (Å²) in [5, 5.41) is 15.1. The van der Waals surface area contributed by atoms with Gasteiger partial charge in [0.15, 0.2) is 0 Å². The highest BCUT2D eigenvalue weighted by atomic mass is 15.3. The molecule has 0 aliphatic carbocycles. The summed E-state index contributed by atoms with van der Waals surface area (Å²) in [4.78, 5) is 6.07. The maximum absolute atomic E-state index is 7.59. The van der Waals surface area contributed by atoms with Gasteiger partial charge in [0.25, 0.3) is 0 Å². The van der Waals surface area contributed by atoms with Gasteiger partial charge in [-0.3, -0.25) is 10.4 Å². The molecule has 2 rings (SSSR count). The smallest absolute Gasteiger partial charge is 0.0492 e. The summed E-state index contributed by atoms with van der Waals surface area (Å²) in [5.41, 5.74) is 6.15. The summed E-state index contributed by atoms with van der Waals surface area (Å²) < 4.78 is 0. The maximum Gasteiger partial charge on any atom is 0.0492 e. The van der Waals surface area contributed by atoms with Crippen LogP contribution < -0.4 is 10.7 Å². The number of nitrogens with zero attached hydrogens (tertiary/aromatic N) is 3. The molecule has 0 unspecified atom stereocenters. The molecule has 0 aromatic rings. The molecule has 6 nitrogen and oxygen atoms in total. The largest absolute Gasteiger partial charge is 0.370 e. The van der Waals surface area contributed by atoms with Gasteiger partial charge in [-0.15, -0.1) is 0 Å². The minimum absolute atomic E-state index is 0.642. The van der Waals surface area contributed by atoms with Crippen molar-refractivity contribution in [2.75, 3.05) is 26.2 Å². The predicted molar refractivity (Wildman–Crippen MR) is 92.4 cm³/mol. The first kappa shape index (κ1) is 15.9. The van der Waals surface area contributed by atoms with Crippen LogP contribution in [0.25, 0.3) is 0 Å². The second-order valence-corrected chi connectivity index (χ2v) is 5.00. The van der Waals surface area contributed by atoms with E-state index in [1.807, 2.05) is 6.08 Å². The Morgan fingerprint density at radius 1 is 1.41 bits per heavy atom. The molecule has 1 saturated heterocycles. The first-order chi connectivity index (χ1) is 10.8. The molecule has 2 aliphatic heterocycles. The van der Waals surface area contributed by atoms with E-state index >= 15 is 0 Å². The average molecular weight is 298 g/mol. The number of hydrogen-bond donors (Lipinski definition) is 3. The van der Waals surface area contributed by atoms with Crippen molar-refractivity contribution >= 4 is 19.1 Å². The van der Waals surface area contributed by atoms with Crippen LogP contribution in [-0.4, -0.2) is 50.2 Å². The van der Waals surface area contributed by atoms with E-state index in [0.717, 1.165) is 49.4 Å². The Kier molecular flexibility index (Phi) is 5.85. The number of aliphatic imine (C=N–C) groups is 1. The first-order valence-corrected chi connectivity index (χ1v) is 7.29. The molecular weight excluding hydrogens is 276 g/mol. The fourth-order valence-corrected chi connectivity index (χ4v) is 2.50. The van der Waals surface area contributed by atoms with Crippen molar-refractivity contribution in [3.8, 4) is 0 Å². The summed E-state index contributed by atoms with van der Waals surface area (Å²) >= 11 is 0. The molecule has 0 amide bonds. The standard InChI is InChI=1S/C16H22N6/c1-13-15(14(10-17)11-18-2)12-21-20-6-4-16(13)22-8-3-5-19-7-9-22/h4,6,10-12,17,19,21H,1-3,5,7-9H2/b14-11+,15-12+,16-4+,17-10?,20-6-. The van der Waals surface area contributed by atoms with Crippen molar-refractivity contribution in [1.29, 1.82) is 5.41 Å². The lowest BCUT2D eigenvalue weighted by molar-refractivity contribution is 0.376. The Morgan fingerprint density at radius 2 is 2.27 bits per heavy atom. The first-order valence-electron chi connectivity index (χ1n) is 7.29. The van der Waals surface area contributed by atoms with Crippen molar-refractivity contribution in [2.24, 2.45) is 10.1 Å². The van der Waals surface area contributed by atoms with Gasteiger partial charge in [-0.05, 0) is 25.8 Å². The topological polar surface area (TPSA) is 75.9 Å².